The molecule has 2 bridgehead atoms. The molecule has 11 heteroatoms. The minimum absolute atomic E-state index is 0.0662. The first-order valence-electron chi connectivity index (χ1n) is 11.7. The van der Waals surface area contributed by atoms with Crippen LogP contribution in [-0.4, -0.2) is 55.6 Å². The Hall–Kier alpha value is -2.82. The smallest absolute Gasteiger partial charge is 0.370 e. The second-order valence-corrected chi connectivity index (χ2v) is 10.4. The number of aryl methyl sites for hydroxylation is 1. The van der Waals surface area contributed by atoms with Gasteiger partial charge in [-0.25, -0.2) is 15.0 Å². The molecule has 0 unspecified atom stereocenters. The van der Waals surface area contributed by atoms with Crippen LogP contribution in [-0.2, 0) is 10.2 Å². The molecule has 4 heterocycles. The van der Waals surface area contributed by atoms with E-state index in [0.29, 0.717) is 54.2 Å². The van der Waals surface area contributed by atoms with Crippen LogP contribution >= 0.6 is 0 Å². The summed E-state index contributed by atoms with van der Waals surface area (Å²) in [6.45, 7) is 3.46. The fourth-order valence-electron chi connectivity index (χ4n) is 5.92. The lowest BCUT2D eigenvalue weighted by molar-refractivity contribution is -0.337. The van der Waals surface area contributed by atoms with E-state index in [2.05, 4.69) is 20.1 Å². The maximum Gasteiger partial charge on any atom is 0.394 e. The second-order valence-electron chi connectivity index (χ2n) is 10.4. The average Bonchev–Trinajstić information content (AvgIpc) is 3.47. The lowest BCUT2D eigenvalue weighted by Gasteiger charge is -2.70. The Morgan fingerprint density at radius 2 is 1.88 bits per heavy atom. The Bertz CT molecular complexity index is 1280. The maximum absolute atomic E-state index is 13.5. The van der Waals surface area contributed by atoms with Crippen molar-refractivity contribution in [1.29, 1.82) is 0 Å². The SMILES string of the molecule is Cc1cnc2c(C34CC(C(F)(F)F)(C3)C4)nc(N3CCO[C@H](c4cnn(C5CC5)c4)C3)nc2n1. The van der Waals surface area contributed by atoms with Gasteiger partial charge >= 0.3 is 6.18 Å². The summed E-state index contributed by atoms with van der Waals surface area (Å²) in [5.74, 6) is 0.482. The molecule has 5 fully saturated rings. The largest absolute Gasteiger partial charge is 0.394 e. The molecule has 0 aromatic carbocycles. The predicted octanol–water partition coefficient (Wildman–Crippen LogP) is 3.82. The molecule has 34 heavy (non-hydrogen) atoms. The van der Waals surface area contributed by atoms with Crippen LogP contribution in [0.25, 0.3) is 11.2 Å². The topological polar surface area (TPSA) is 81.9 Å². The van der Waals surface area contributed by atoms with Crippen molar-refractivity contribution in [2.45, 2.75) is 62.8 Å². The van der Waals surface area contributed by atoms with E-state index in [0.717, 1.165) is 18.4 Å². The number of morpholine rings is 1. The molecule has 1 atom stereocenters. The number of rotatable bonds is 4. The fourth-order valence-corrected chi connectivity index (χ4v) is 5.92. The monoisotopic (exact) mass is 471 g/mol. The molecule has 0 radical (unpaired) electrons. The van der Waals surface area contributed by atoms with Gasteiger partial charge in [-0.2, -0.15) is 23.3 Å². The highest BCUT2D eigenvalue weighted by molar-refractivity contribution is 5.76. The maximum atomic E-state index is 13.5. The molecule has 1 aliphatic heterocycles. The van der Waals surface area contributed by atoms with Crippen LogP contribution in [0.1, 0.15) is 61.2 Å². The summed E-state index contributed by atoms with van der Waals surface area (Å²) in [6, 6.07) is 0.495. The lowest BCUT2D eigenvalue weighted by Crippen LogP contribution is -2.70. The quantitative estimate of drug-likeness (QED) is 0.572. The van der Waals surface area contributed by atoms with Gasteiger partial charge in [0.05, 0.1) is 42.2 Å². The molecular weight excluding hydrogens is 447 g/mol. The number of hydrogen-bond donors (Lipinski definition) is 0. The van der Waals surface area contributed by atoms with E-state index in [-0.39, 0.29) is 25.4 Å². The Morgan fingerprint density at radius 3 is 2.62 bits per heavy atom. The Morgan fingerprint density at radius 1 is 1.09 bits per heavy atom. The Kier molecular flexibility index (Phi) is 4.02. The first-order valence-corrected chi connectivity index (χ1v) is 11.7. The summed E-state index contributed by atoms with van der Waals surface area (Å²) in [5.41, 5.74) is 1.13. The standard InChI is InChI=1S/C23H24F3N7O/c1-13-6-27-17-18(21-10-22(11-21,12-21)23(24,25)26)30-20(31-19(17)29-13)32-4-5-34-16(9-32)14-7-28-33(8-14)15-2-3-15/h6-8,15-16H,2-5,9-12H2,1H3/t16-,21?,22?/m0/s1. The van der Waals surface area contributed by atoms with E-state index in [1.165, 1.54) is 0 Å². The first-order chi connectivity index (χ1) is 16.3. The van der Waals surface area contributed by atoms with Gasteiger partial charge < -0.3 is 9.64 Å². The number of ether oxygens (including phenoxy) is 1. The van der Waals surface area contributed by atoms with Crippen molar-refractivity contribution in [1.82, 2.24) is 29.7 Å². The van der Waals surface area contributed by atoms with Crippen molar-refractivity contribution >= 4 is 17.1 Å². The van der Waals surface area contributed by atoms with Crippen LogP contribution < -0.4 is 4.90 Å². The van der Waals surface area contributed by atoms with Crippen molar-refractivity contribution in [3.05, 3.63) is 35.5 Å². The van der Waals surface area contributed by atoms with Gasteiger partial charge in [-0.1, -0.05) is 0 Å². The summed E-state index contributed by atoms with van der Waals surface area (Å²) < 4.78 is 48.6. The molecule has 1 saturated heterocycles. The van der Waals surface area contributed by atoms with Crippen molar-refractivity contribution in [2.75, 3.05) is 24.6 Å². The van der Waals surface area contributed by atoms with Crippen LogP contribution in [0.4, 0.5) is 19.1 Å². The average molecular weight is 471 g/mol. The summed E-state index contributed by atoms with van der Waals surface area (Å²) in [7, 11) is 0. The number of fused-ring (bicyclic) bond motifs is 1. The minimum Gasteiger partial charge on any atom is -0.370 e. The van der Waals surface area contributed by atoms with Gasteiger partial charge in [0.15, 0.2) is 5.65 Å². The lowest BCUT2D eigenvalue weighted by atomic mass is 9.34. The summed E-state index contributed by atoms with van der Waals surface area (Å²) in [6.07, 6.45) is 3.69. The van der Waals surface area contributed by atoms with Gasteiger partial charge in [0.1, 0.15) is 11.6 Å². The van der Waals surface area contributed by atoms with Crippen molar-refractivity contribution in [3.63, 3.8) is 0 Å². The van der Waals surface area contributed by atoms with Crippen LogP contribution in [0.5, 0.6) is 0 Å². The Balaban J connectivity index is 1.22. The molecule has 3 aromatic rings. The van der Waals surface area contributed by atoms with Gasteiger partial charge in [-0.05, 0) is 39.0 Å². The van der Waals surface area contributed by atoms with Crippen LogP contribution in [0.2, 0.25) is 0 Å². The molecule has 8 nitrogen and oxygen atoms in total. The molecule has 0 N–H and O–H groups in total. The third-order valence-electron chi connectivity index (χ3n) is 7.91. The number of aromatic nitrogens is 6. The van der Waals surface area contributed by atoms with Crippen LogP contribution in [0, 0.1) is 12.3 Å². The summed E-state index contributed by atoms with van der Waals surface area (Å²) in [5, 5.41) is 4.48. The molecule has 8 rings (SSSR count). The van der Waals surface area contributed by atoms with E-state index in [1.807, 2.05) is 28.9 Å². The normalized spacial score (nSPS) is 30.8. The van der Waals surface area contributed by atoms with Gasteiger partial charge in [0, 0.05) is 29.9 Å². The van der Waals surface area contributed by atoms with Crippen molar-refractivity contribution in [2.24, 2.45) is 5.41 Å². The zero-order chi connectivity index (χ0) is 23.3. The third kappa shape index (κ3) is 2.91. The number of alkyl halides is 3. The summed E-state index contributed by atoms with van der Waals surface area (Å²) in [4.78, 5) is 20.6. The molecule has 4 aliphatic carbocycles. The minimum atomic E-state index is -4.18. The van der Waals surface area contributed by atoms with Gasteiger partial charge in [0.2, 0.25) is 5.95 Å². The molecule has 178 valence electrons. The van der Waals surface area contributed by atoms with Crippen molar-refractivity contribution in [3.8, 4) is 0 Å². The van der Waals surface area contributed by atoms with Crippen molar-refractivity contribution < 1.29 is 17.9 Å². The van der Waals surface area contributed by atoms with E-state index in [1.54, 1.807) is 6.20 Å². The molecule has 3 aromatic heterocycles. The first kappa shape index (κ1) is 20.5. The predicted molar refractivity (Wildman–Crippen MR) is 115 cm³/mol. The van der Waals surface area contributed by atoms with Gasteiger partial charge in [-0.3, -0.25) is 4.68 Å². The van der Waals surface area contributed by atoms with Gasteiger partial charge in [-0.15, -0.1) is 0 Å². The van der Waals surface area contributed by atoms with Crippen LogP contribution in [0.15, 0.2) is 18.6 Å². The molecule has 4 saturated carbocycles. The van der Waals surface area contributed by atoms with E-state index in [4.69, 9.17) is 9.72 Å². The highest BCUT2D eigenvalue weighted by Crippen LogP contribution is 2.78. The number of anilines is 1. The highest BCUT2D eigenvalue weighted by Gasteiger charge is 2.79. The zero-order valence-electron chi connectivity index (χ0n) is 18.7. The molecule has 5 aliphatic rings. The van der Waals surface area contributed by atoms with E-state index in [9.17, 15) is 13.2 Å². The van der Waals surface area contributed by atoms with Gasteiger partial charge in [0.25, 0.3) is 0 Å². The Labute approximate surface area is 193 Å². The zero-order valence-corrected chi connectivity index (χ0v) is 18.7. The number of nitrogens with zero attached hydrogens (tertiary/aromatic N) is 7. The molecule has 0 amide bonds. The summed E-state index contributed by atoms with van der Waals surface area (Å²) >= 11 is 0. The van der Waals surface area contributed by atoms with E-state index >= 15 is 0 Å². The number of hydrogen-bond acceptors (Lipinski definition) is 7. The third-order valence-corrected chi connectivity index (χ3v) is 7.91. The van der Waals surface area contributed by atoms with Crippen LogP contribution in [0.3, 0.4) is 0 Å². The second kappa shape index (κ2) is 6.65. The number of halogens is 3. The molecular formula is C23H24F3N7O. The van der Waals surface area contributed by atoms with E-state index < -0.39 is 17.0 Å². The highest BCUT2D eigenvalue weighted by atomic mass is 19.4. The fraction of sp³-hybridized carbons (Fsp3) is 0.609. The molecule has 0 spiro atoms.